The molecule has 16 heavy (non-hydrogen) atoms. The zero-order valence-corrected chi connectivity index (χ0v) is 10.7. The highest BCUT2D eigenvalue weighted by molar-refractivity contribution is 6.34. The van der Waals surface area contributed by atoms with Gasteiger partial charge in [0.15, 0.2) is 0 Å². The van der Waals surface area contributed by atoms with Gasteiger partial charge in [0.25, 0.3) is 0 Å². The molecule has 0 amide bonds. The predicted octanol–water partition coefficient (Wildman–Crippen LogP) is -1.85. The van der Waals surface area contributed by atoms with Crippen LogP contribution >= 0.6 is 0 Å². The van der Waals surface area contributed by atoms with E-state index in [1.807, 2.05) is 0 Å². The van der Waals surface area contributed by atoms with Gasteiger partial charge in [-0.1, -0.05) is 12.2 Å². The molecule has 0 aromatic rings. The zero-order chi connectivity index (χ0) is 12.0. The number of hydrogen-bond acceptors (Lipinski definition) is 6. The van der Waals surface area contributed by atoms with E-state index >= 15 is 0 Å². The van der Waals surface area contributed by atoms with Crippen LogP contribution in [0.2, 0.25) is 0 Å². The smallest absolute Gasteiger partial charge is 0.411 e. The molecule has 8 heteroatoms. The van der Waals surface area contributed by atoms with Crippen LogP contribution in [0.1, 0.15) is 6.92 Å². The van der Waals surface area contributed by atoms with Crippen molar-refractivity contribution in [3.63, 3.8) is 0 Å². The van der Waals surface area contributed by atoms with Crippen molar-refractivity contribution in [3.8, 4) is 0 Å². The highest BCUT2D eigenvalue weighted by atomic mass is 28.3. The first-order chi connectivity index (χ1) is 7.61. The Balaban J connectivity index is 2.52. The Morgan fingerprint density at radius 3 is 2.75 bits per heavy atom. The van der Waals surface area contributed by atoms with Gasteiger partial charge in [-0.15, -0.1) is 0 Å². The van der Waals surface area contributed by atoms with E-state index in [9.17, 15) is 10.2 Å². The number of aliphatic hydroxyl groups excluding tert-OH is 3. The van der Waals surface area contributed by atoms with Gasteiger partial charge in [-0.3, -0.25) is 0 Å². The summed E-state index contributed by atoms with van der Waals surface area (Å²) in [7, 11) is -0.437. The minimum atomic E-state index is -1.01. The van der Waals surface area contributed by atoms with Crippen molar-refractivity contribution in [3.05, 3.63) is 12.2 Å². The van der Waals surface area contributed by atoms with Crippen molar-refractivity contribution < 1.29 is 28.3 Å². The van der Waals surface area contributed by atoms with Crippen molar-refractivity contribution in [2.45, 2.75) is 31.3 Å². The molecule has 1 rings (SSSR count). The maximum atomic E-state index is 9.72. The lowest BCUT2D eigenvalue weighted by Gasteiger charge is -2.27. The average Bonchev–Trinajstić information content (AvgIpc) is 2.20. The van der Waals surface area contributed by atoms with Crippen LogP contribution in [0.25, 0.3) is 0 Å². The van der Waals surface area contributed by atoms with E-state index in [0.717, 1.165) is 0 Å². The molecule has 1 aliphatic heterocycles. The van der Waals surface area contributed by atoms with Crippen molar-refractivity contribution in [1.82, 2.24) is 0 Å². The lowest BCUT2D eigenvalue weighted by atomic mass is 10.1. The highest BCUT2D eigenvalue weighted by Gasteiger charge is 2.28. The Hall–Kier alpha value is -0.0662. The fourth-order valence-corrected chi connectivity index (χ4v) is 2.31. The van der Waals surface area contributed by atoms with Crippen LogP contribution in [0.4, 0.5) is 0 Å². The van der Waals surface area contributed by atoms with Gasteiger partial charge >= 0.3 is 20.0 Å². The maximum Gasteiger partial charge on any atom is 0.423 e. The van der Waals surface area contributed by atoms with Crippen molar-refractivity contribution in [2.75, 3.05) is 6.61 Å². The van der Waals surface area contributed by atoms with E-state index in [2.05, 4.69) is 0 Å². The third-order valence-corrected chi connectivity index (χ3v) is 3.20. The summed E-state index contributed by atoms with van der Waals surface area (Å²) < 4.78 is 15.1. The zero-order valence-electron chi connectivity index (χ0n) is 8.74. The molecule has 0 aliphatic carbocycles. The van der Waals surface area contributed by atoms with Gasteiger partial charge in [0.2, 0.25) is 0 Å². The number of aliphatic hydroxyl groups is 3. The third-order valence-electron chi connectivity index (χ3n) is 1.88. The topological polar surface area (TPSA) is 88.4 Å². The molecule has 0 spiro atoms. The third kappa shape index (κ3) is 4.84. The quantitative estimate of drug-likeness (QED) is 0.409. The molecule has 0 aromatic heterocycles. The first kappa shape index (κ1) is 14.0. The molecule has 0 saturated carbocycles. The minimum Gasteiger partial charge on any atom is -0.411 e. The molecule has 4 atom stereocenters. The van der Waals surface area contributed by atoms with Crippen LogP contribution in [0, 0.1) is 0 Å². The highest BCUT2D eigenvalue weighted by Crippen LogP contribution is 2.09. The summed E-state index contributed by atoms with van der Waals surface area (Å²) in [6.07, 6.45) is -0.586. The van der Waals surface area contributed by atoms with E-state index in [1.54, 1.807) is 6.92 Å². The molecular weight excluding hydrogens is 248 g/mol. The maximum absolute atomic E-state index is 9.72. The van der Waals surface area contributed by atoms with Gasteiger partial charge in [-0.05, 0) is 6.92 Å². The molecule has 2 unspecified atom stereocenters. The largest absolute Gasteiger partial charge is 0.423 e. The van der Waals surface area contributed by atoms with E-state index < -0.39 is 24.4 Å². The lowest BCUT2D eigenvalue weighted by Crippen LogP contribution is -2.44. The summed E-state index contributed by atoms with van der Waals surface area (Å²) in [6, 6.07) is 0. The van der Waals surface area contributed by atoms with E-state index in [-0.39, 0.29) is 26.6 Å². The van der Waals surface area contributed by atoms with E-state index in [1.165, 1.54) is 12.2 Å². The predicted molar refractivity (Wildman–Crippen MR) is 56.3 cm³/mol. The summed E-state index contributed by atoms with van der Waals surface area (Å²) in [4.78, 5) is 0. The summed E-state index contributed by atoms with van der Waals surface area (Å²) >= 11 is 0. The molecule has 1 saturated heterocycles. The SMILES string of the molecule is C[C@H](O)C=C[C@@H](O)C1O[Si]O[Si]OCC1O. The molecule has 4 radical (unpaired) electrons. The van der Waals surface area contributed by atoms with Crippen molar-refractivity contribution in [1.29, 1.82) is 0 Å². The molecule has 90 valence electrons. The first-order valence-electron chi connectivity index (χ1n) is 4.77. The van der Waals surface area contributed by atoms with Gasteiger partial charge in [0.05, 0.1) is 18.8 Å². The van der Waals surface area contributed by atoms with Crippen LogP contribution in [-0.4, -0.2) is 66.4 Å². The molecular formula is C8H14O6Si2. The second kappa shape index (κ2) is 7.30. The standard InChI is InChI=1S/C8H14O6Si2/c1-5(9)2-3-6(10)8-7(11)4-12-15-14-16-13-8/h2-3,5-11H,4H2,1H3/t5-,6+,7?,8?/m0/s1. The van der Waals surface area contributed by atoms with Crippen LogP contribution in [-0.2, 0) is 13.0 Å². The minimum absolute atomic E-state index is 0.0488. The molecule has 0 bridgehead atoms. The van der Waals surface area contributed by atoms with E-state index in [0.29, 0.717) is 0 Å². The molecule has 1 fully saturated rings. The Kier molecular flexibility index (Phi) is 6.38. The Bertz CT molecular complexity index is 225. The van der Waals surface area contributed by atoms with Gasteiger partial charge < -0.3 is 28.3 Å². The number of rotatable bonds is 3. The van der Waals surface area contributed by atoms with Crippen LogP contribution in [0.3, 0.4) is 0 Å². The molecule has 1 heterocycles. The second-order valence-corrected chi connectivity index (χ2v) is 5.02. The number of hydrogen-bond donors (Lipinski definition) is 3. The normalized spacial score (nSPS) is 32.0. The molecule has 0 aromatic carbocycles. The Labute approximate surface area is 99.0 Å². The summed E-state index contributed by atoms with van der Waals surface area (Å²) in [5.74, 6) is 0. The average molecular weight is 262 g/mol. The molecule has 1 aliphatic rings. The lowest BCUT2D eigenvalue weighted by molar-refractivity contribution is -0.0559. The van der Waals surface area contributed by atoms with Crippen molar-refractivity contribution >= 4 is 20.0 Å². The summed E-state index contributed by atoms with van der Waals surface area (Å²) in [5, 5.41) is 28.4. The van der Waals surface area contributed by atoms with Gasteiger partial charge in [0.1, 0.15) is 12.2 Å². The fraction of sp³-hybridized carbons (Fsp3) is 0.750. The Morgan fingerprint density at radius 1 is 1.31 bits per heavy atom. The molecule has 6 nitrogen and oxygen atoms in total. The van der Waals surface area contributed by atoms with Gasteiger partial charge in [-0.25, -0.2) is 0 Å². The van der Waals surface area contributed by atoms with Crippen LogP contribution < -0.4 is 0 Å². The van der Waals surface area contributed by atoms with Crippen LogP contribution in [0.15, 0.2) is 12.2 Å². The van der Waals surface area contributed by atoms with Crippen LogP contribution in [0.5, 0.6) is 0 Å². The summed E-state index contributed by atoms with van der Waals surface area (Å²) in [5.41, 5.74) is 0. The van der Waals surface area contributed by atoms with Gasteiger partial charge in [-0.2, -0.15) is 0 Å². The van der Waals surface area contributed by atoms with Crippen molar-refractivity contribution in [2.24, 2.45) is 0 Å². The molecule has 3 N–H and O–H groups in total. The summed E-state index contributed by atoms with van der Waals surface area (Å²) in [6.45, 7) is 1.61. The van der Waals surface area contributed by atoms with Gasteiger partial charge in [0, 0.05) is 0 Å². The fourth-order valence-electron chi connectivity index (χ4n) is 1.10. The Morgan fingerprint density at radius 2 is 2.06 bits per heavy atom. The van der Waals surface area contributed by atoms with E-state index in [4.69, 9.17) is 18.1 Å². The monoisotopic (exact) mass is 262 g/mol. The first-order valence-corrected chi connectivity index (χ1v) is 6.40. The second-order valence-electron chi connectivity index (χ2n) is 3.35.